The standard InChI is InChI=1S/C21H25N5O4.C16H17N5O2/c1-13-18-16(9-17(27)26(29)19(18)25-12-24-13)22-10-14-6-5-7-15(8-14)11-23-20(28)30-21(2,3)4;1-10-15-13(6-14(22)21(23)16(15)20-9-19-10)18-8-12-4-2-3-11(5-12)7-17/h5-9,12,22,29H,10-11H2,1-4H3,(H,23,28);2-6,9,18,23H,7-8,17H2,1H3. The van der Waals surface area contributed by atoms with Crippen LogP contribution in [0.5, 0.6) is 0 Å². The molecule has 0 unspecified atom stereocenters. The third-order valence-corrected chi connectivity index (χ3v) is 7.95. The predicted octanol–water partition coefficient (Wildman–Crippen LogP) is 4.38. The van der Waals surface area contributed by atoms with Crippen LogP contribution in [0.15, 0.2) is 82.9 Å². The summed E-state index contributed by atoms with van der Waals surface area (Å²) in [5, 5.41) is 30.1. The van der Waals surface area contributed by atoms with Crippen molar-refractivity contribution in [2.75, 3.05) is 10.6 Å². The van der Waals surface area contributed by atoms with Gasteiger partial charge in [-0.1, -0.05) is 48.5 Å². The minimum atomic E-state index is -0.585. The summed E-state index contributed by atoms with van der Waals surface area (Å²) in [6.07, 6.45) is 2.14. The summed E-state index contributed by atoms with van der Waals surface area (Å²) >= 11 is 0. The number of aromatic nitrogens is 6. The minimum Gasteiger partial charge on any atom is -0.444 e. The van der Waals surface area contributed by atoms with E-state index in [1.54, 1.807) is 13.8 Å². The van der Waals surface area contributed by atoms with Crippen LogP contribution in [0.4, 0.5) is 16.2 Å². The van der Waals surface area contributed by atoms with Gasteiger partial charge in [0, 0.05) is 38.3 Å². The van der Waals surface area contributed by atoms with Crippen LogP contribution in [-0.2, 0) is 30.9 Å². The van der Waals surface area contributed by atoms with Gasteiger partial charge in [0.2, 0.25) is 0 Å². The summed E-state index contributed by atoms with van der Waals surface area (Å²) in [5.41, 5.74) is 10.7. The molecule has 0 atom stereocenters. The fourth-order valence-electron chi connectivity index (χ4n) is 5.47. The topological polar surface area (TPSA) is 224 Å². The van der Waals surface area contributed by atoms with Crippen LogP contribution >= 0.6 is 0 Å². The number of nitrogens with zero attached hydrogens (tertiary/aromatic N) is 6. The number of alkyl carbamates (subject to hydrolysis) is 1. The first kappa shape index (κ1) is 37.7. The molecule has 6 aromatic rings. The molecule has 0 spiro atoms. The maximum atomic E-state index is 12.0. The molecule has 0 aliphatic heterocycles. The molecule has 4 heterocycles. The Morgan fingerprint density at radius 2 is 1.15 bits per heavy atom. The Labute approximate surface area is 304 Å². The quantitative estimate of drug-likeness (QED) is 0.114. The van der Waals surface area contributed by atoms with Gasteiger partial charge in [0.1, 0.15) is 18.3 Å². The van der Waals surface area contributed by atoms with Gasteiger partial charge in [0.05, 0.1) is 33.5 Å². The monoisotopic (exact) mass is 722 g/mol. The van der Waals surface area contributed by atoms with E-state index in [-0.39, 0.29) is 11.3 Å². The maximum absolute atomic E-state index is 12.0. The number of amides is 1. The highest BCUT2D eigenvalue weighted by Gasteiger charge is 2.16. The molecule has 16 heteroatoms. The Morgan fingerprint density at radius 3 is 1.60 bits per heavy atom. The summed E-state index contributed by atoms with van der Waals surface area (Å²) in [6, 6.07) is 18.2. The molecule has 0 aliphatic rings. The number of benzene rings is 2. The van der Waals surface area contributed by atoms with Crippen molar-refractivity contribution in [1.29, 1.82) is 0 Å². The minimum absolute atomic E-state index is 0.146. The van der Waals surface area contributed by atoms with Crippen molar-refractivity contribution in [3.63, 3.8) is 0 Å². The molecule has 276 valence electrons. The maximum Gasteiger partial charge on any atom is 0.407 e. The van der Waals surface area contributed by atoms with Crippen LogP contribution in [0, 0.1) is 13.8 Å². The average molecular weight is 723 g/mol. The summed E-state index contributed by atoms with van der Waals surface area (Å²) < 4.78 is 6.29. The second kappa shape index (κ2) is 16.2. The Hall–Kier alpha value is -6.55. The molecular formula is C37H42N10O6. The number of hydrogen-bond donors (Lipinski definition) is 6. The number of carbonyl (C=O) groups excluding carboxylic acids is 1. The zero-order chi connectivity index (χ0) is 38.3. The first-order chi connectivity index (χ1) is 25.2. The number of hydrogen-bond acceptors (Lipinski definition) is 13. The first-order valence-electron chi connectivity index (χ1n) is 16.7. The summed E-state index contributed by atoms with van der Waals surface area (Å²) in [7, 11) is 0. The molecule has 16 nitrogen and oxygen atoms in total. The van der Waals surface area contributed by atoms with Crippen LogP contribution in [0.25, 0.3) is 22.1 Å². The summed E-state index contributed by atoms with van der Waals surface area (Å²) in [6.45, 7) is 10.8. The molecule has 4 aromatic heterocycles. The van der Waals surface area contributed by atoms with Crippen LogP contribution in [-0.4, -0.2) is 51.5 Å². The number of carbonyl (C=O) groups is 1. The van der Waals surface area contributed by atoms with Crippen molar-refractivity contribution in [3.8, 4) is 0 Å². The van der Waals surface area contributed by atoms with E-state index in [1.165, 1.54) is 24.8 Å². The number of nitrogens with one attached hydrogen (secondary N) is 3. The first-order valence-corrected chi connectivity index (χ1v) is 16.7. The Kier molecular flexibility index (Phi) is 11.5. The number of pyridine rings is 2. The molecule has 53 heavy (non-hydrogen) atoms. The molecule has 0 bridgehead atoms. The van der Waals surface area contributed by atoms with Gasteiger partial charge < -0.3 is 36.8 Å². The van der Waals surface area contributed by atoms with Crippen molar-refractivity contribution in [1.82, 2.24) is 34.7 Å². The van der Waals surface area contributed by atoms with Crippen molar-refractivity contribution >= 4 is 39.5 Å². The van der Waals surface area contributed by atoms with E-state index in [9.17, 15) is 24.8 Å². The number of aryl methyl sites for hydroxylation is 2. The molecule has 1 amide bonds. The highest BCUT2D eigenvalue weighted by molar-refractivity contribution is 5.91. The van der Waals surface area contributed by atoms with Gasteiger partial charge >= 0.3 is 6.09 Å². The Balaban J connectivity index is 0.000000211. The zero-order valence-corrected chi connectivity index (χ0v) is 30.0. The Morgan fingerprint density at radius 1 is 0.717 bits per heavy atom. The summed E-state index contributed by atoms with van der Waals surface area (Å²) in [5.74, 6) is 0. The van der Waals surface area contributed by atoms with Gasteiger partial charge in [-0.15, -0.1) is 9.46 Å². The largest absolute Gasteiger partial charge is 0.444 e. The number of rotatable bonds is 9. The highest BCUT2D eigenvalue weighted by Crippen LogP contribution is 2.24. The zero-order valence-electron chi connectivity index (χ0n) is 30.0. The van der Waals surface area contributed by atoms with E-state index in [0.717, 1.165) is 22.3 Å². The normalized spacial score (nSPS) is 11.1. The third kappa shape index (κ3) is 9.42. The molecule has 0 radical (unpaired) electrons. The van der Waals surface area contributed by atoms with E-state index < -0.39 is 22.8 Å². The summed E-state index contributed by atoms with van der Waals surface area (Å²) in [4.78, 5) is 52.0. The van der Waals surface area contributed by atoms with Gasteiger partial charge in [0.15, 0.2) is 11.3 Å². The Bertz CT molecular complexity index is 2390. The van der Waals surface area contributed by atoms with Crippen molar-refractivity contribution in [2.24, 2.45) is 5.73 Å². The molecule has 2 aromatic carbocycles. The van der Waals surface area contributed by atoms with E-state index >= 15 is 0 Å². The molecule has 7 N–H and O–H groups in total. The lowest BCUT2D eigenvalue weighted by Gasteiger charge is -2.19. The van der Waals surface area contributed by atoms with E-state index in [0.29, 0.717) is 69.2 Å². The highest BCUT2D eigenvalue weighted by atomic mass is 16.6. The second-order valence-electron chi connectivity index (χ2n) is 13.1. The molecule has 6 rings (SSSR count). The van der Waals surface area contributed by atoms with Gasteiger partial charge in [-0.2, -0.15) is 0 Å². The lowest BCUT2D eigenvalue weighted by Crippen LogP contribution is -2.32. The lowest BCUT2D eigenvalue weighted by atomic mass is 10.1. The number of fused-ring (bicyclic) bond motifs is 2. The van der Waals surface area contributed by atoms with Gasteiger partial charge in [-0.3, -0.25) is 9.59 Å². The van der Waals surface area contributed by atoms with E-state index in [4.69, 9.17) is 10.5 Å². The molecule has 0 saturated heterocycles. The predicted molar refractivity (Wildman–Crippen MR) is 200 cm³/mol. The fourth-order valence-corrected chi connectivity index (χ4v) is 5.47. The molecule has 0 saturated carbocycles. The third-order valence-electron chi connectivity index (χ3n) is 7.95. The SMILES string of the molecule is Cc1ncnc2c1c(NCc1cccc(CN)c1)cc(=O)n2O.Cc1ncnc2c1c(NCc1cccc(CNC(=O)OC(C)(C)C)c1)cc(=O)n2O. The van der Waals surface area contributed by atoms with E-state index in [1.807, 2.05) is 69.3 Å². The van der Waals surface area contributed by atoms with Crippen LogP contribution in [0.1, 0.15) is 54.4 Å². The van der Waals surface area contributed by atoms with E-state index in [2.05, 4.69) is 35.9 Å². The van der Waals surface area contributed by atoms with Gasteiger partial charge in [-0.25, -0.2) is 24.7 Å². The van der Waals surface area contributed by atoms with Crippen LogP contribution in [0.3, 0.4) is 0 Å². The van der Waals surface area contributed by atoms with Crippen molar-refractivity contribution in [2.45, 2.75) is 66.4 Å². The number of nitrogens with two attached hydrogens (primary N) is 1. The molecule has 0 aliphatic carbocycles. The van der Waals surface area contributed by atoms with Gasteiger partial charge in [-0.05, 0) is 56.9 Å². The fraction of sp³-hybridized carbons (Fsp3) is 0.270. The number of anilines is 2. The molecular weight excluding hydrogens is 680 g/mol. The van der Waals surface area contributed by atoms with Gasteiger partial charge in [0.25, 0.3) is 11.1 Å². The van der Waals surface area contributed by atoms with Crippen LogP contribution < -0.4 is 32.8 Å². The lowest BCUT2D eigenvalue weighted by molar-refractivity contribution is 0.0523. The smallest absolute Gasteiger partial charge is 0.407 e. The van der Waals surface area contributed by atoms with Crippen molar-refractivity contribution in [3.05, 3.63) is 128 Å². The average Bonchev–Trinajstić information content (AvgIpc) is 3.12. The number of ether oxygens (including phenoxy) is 1. The van der Waals surface area contributed by atoms with Crippen LogP contribution in [0.2, 0.25) is 0 Å². The molecule has 0 fully saturated rings. The second-order valence-corrected chi connectivity index (χ2v) is 13.1. The van der Waals surface area contributed by atoms with Crippen molar-refractivity contribution < 1.29 is 19.9 Å².